The number of hydrogen-bond acceptors (Lipinski definition) is 4. The van der Waals surface area contributed by atoms with E-state index in [1.54, 1.807) is 17.3 Å². The molecule has 2 aromatic carbocycles. The van der Waals surface area contributed by atoms with Gasteiger partial charge in [0.15, 0.2) is 0 Å². The van der Waals surface area contributed by atoms with E-state index in [2.05, 4.69) is 29.2 Å². The molecule has 3 atom stereocenters. The molecule has 0 bridgehead atoms. The first kappa shape index (κ1) is 23.2. The van der Waals surface area contributed by atoms with Gasteiger partial charge in [0.2, 0.25) is 11.8 Å². The van der Waals surface area contributed by atoms with Crippen LogP contribution >= 0.6 is 0 Å². The lowest BCUT2D eigenvalue weighted by Gasteiger charge is -2.25. The van der Waals surface area contributed by atoms with Gasteiger partial charge in [-0.3, -0.25) is 14.6 Å². The molecule has 0 radical (unpaired) electrons. The van der Waals surface area contributed by atoms with Gasteiger partial charge in [0.1, 0.15) is 0 Å². The SMILES string of the molecule is O=C1CN(C(=O)[C@@H]2C[C@H]2c2ccccc2)CC(OCc2ccncc2)CN1CCc1ccccc1. The standard InChI is InChI=1S/C29H31N3O3/c33-28-20-32(29(34)27-17-26(27)24-9-5-2-6-10-24)19-25(35-21-23-11-14-30-15-12-23)18-31(28)16-13-22-7-3-1-4-8-22/h1-12,14-15,25-27H,13,16-21H2/t25?,26-,27+/m0/s1. The second-order valence-corrected chi connectivity index (χ2v) is 9.44. The molecule has 2 heterocycles. The molecule has 2 amide bonds. The van der Waals surface area contributed by atoms with Crippen LogP contribution < -0.4 is 0 Å². The van der Waals surface area contributed by atoms with E-state index in [4.69, 9.17) is 4.74 Å². The van der Waals surface area contributed by atoms with Crippen LogP contribution in [0.15, 0.2) is 85.2 Å². The quantitative estimate of drug-likeness (QED) is 0.505. The van der Waals surface area contributed by atoms with Crippen molar-refractivity contribution in [2.45, 2.75) is 31.5 Å². The third-order valence-electron chi connectivity index (χ3n) is 6.92. The Hall–Kier alpha value is -3.51. The minimum Gasteiger partial charge on any atom is -0.370 e. The highest BCUT2D eigenvalue weighted by molar-refractivity contribution is 5.88. The van der Waals surface area contributed by atoms with Crippen molar-refractivity contribution in [3.05, 3.63) is 102 Å². The van der Waals surface area contributed by atoms with E-state index in [9.17, 15) is 9.59 Å². The summed E-state index contributed by atoms with van der Waals surface area (Å²) in [5, 5.41) is 0. The van der Waals surface area contributed by atoms with Gasteiger partial charge in [-0.15, -0.1) is 0 Å². The predicted molar refractivity (Wildman–Crippen MR) is 133 cm³/mol. The van der Waals surface area contributed by atoms with Crippen LogP contribution in [0.25, 0.3) is 0 Å². The zero-order chi connectivity index (χ0) is 24.0. The van der Waals surface area contributed by atoms with Crippen LogP contribution in [0.2, 0.25) is 0 Å². The largest absolute Gasteiger partial charge is 0.370 e. The molecule has 1 aliphatic heterocycles. The van der Waals surface area contributed by atoms with Gasteiger partial charge in [-0.25, -0.2) is 0 Å². The van der Waals surface area contributed by atoms with E-state index in [-0.39, 0.29) is 36.3 Å². The molecule has 1 aromatic heterocycles. The maximum Gasteiger partial charge on any atom is 0.242 e. The van der Waals surface area contributed by atoms with Crippen molar-refractivity contribution in [1.29, 1.82) is 0 Å². The normalized spacial score (nSPS) is 22.1. The lowest BCUT2D eigenvalue weighted by atomic mass is 10.1. The van der Waals surface area contributed by atoms with Crippen molar-refractivity contribution < 1.29 is 14.3 Å². The number of ether oxygens (including phenoxy) is 1. The molecule has 0 spiro atoms. The van der Waals surface area contributed by atoms with Crippen molar-refractivity contribution >= 4 is 11.8 Å². The number of carbonyl (C=O) groups is 2. The Morgan fingerprint density at radius 2 is 1.63 bits per heavy atom. The molecule has 3 aromatic rings. The Balaban J connectivity index is 1.27. The van der Waals surface area contributed by atoms with Gasteiger partial charge in [-0.1, -0.05) is 60.7 Å². The fraction of sp³-hybridized carbons (Fsp3) is 0.345. The fourth-order valence-electron chi connectivity index (χ4n) is 4.84. The Morgan fingerprint density at radius 1 is 0.914 bits per heavy atom. The maximum absolute atomic E-state index is 13.4. The van der Waals surface area contributed by atoms with Crippen LogP contribution in [0.1, 0.15) is 29.0 Å². The average molecular weight is 470 g/mol. The van der Waals surface area contributed by atoms with Gasteiger partial charge in [-0.05, 0) is 47.6 Å². The monoisotopic (exact) mass is 469 g/mol. The Kier molecular flexibility index (Phi) is 7.19. The van der Waals surface area contributed by atoms with E-state index in [0.29, 0.717) is 26.2 Å². The van der Waals surface area contributed by atoms with Crippen molar-refractivity contribution in [2.75, 3.05) is 26.2 Å². The fourth-order valence-corrected chi connectivity index (χ4v) is 4.84. The van der Waals surface area contributed by atoms with Gasteiger partial charge in [0.25, 0.3) is 0 Å². The molecule has 6 nitrogen and oxygen atoms in total. The minimum absolute atomic E-state index is 0.0128. The summed E-state index contributed by atoms with van der Waals surface area (Å²) in [7, 11) is 0. The van der Waals surface area contributed by atoms with Gasteiger partial charge in [0, 0.05) is 37.9 Å². The molecule has 2 fully saturated rings. The smallest absolute Gasteiger partial charge is 0.242 e. The lowest BCUT2D eigenvalue weighted by molar-refractivity contribution is -0.139. The molecule has 1 aliphatic carbocycles. The van der Waals surface area contributed by atoms with Crippen molar-refractivity contribution in [1.82, 2.24) is 14.8 Å². The van der Waals surface area contributed by atoms with E-state index < -0.39 is 0 Å². The van der Waals surface area contributed by atoms with Crippen LogP contribution in [0, 0.1) is 5.92 Å². The van der Waals surface area contributed by atoms with Crippen LogP contribution in [0.3, 0.4) is 0 Å². The molecule has 1 unspecified atom stereocenters. The molecular formula is C29H31N3O3. The second kappa shape index (κ2) is 10.8. The summed E-state index contributed by atoms with van der Waals surface area (Å²) < 4.78 is 6.26. The van der Waals surface area contributed by atoms with E-state index in [1.807, 2.05) is 53.4 Å². The van der Waals surface area contributed by atoms with E-state index in [1.165, 1.54) is 11.1 Å². The highest BCUT2D eigenvalue weighted by Gasteiger charge is 2.47. The number of aromatic nitrogens is 1. The first-order valence-electron chi connectivity index (χ1n) is 12.3. The van der Waals surface area contributed by atoms with Crippen LogP contribution in [-0.2, 0) is 27.4 Å². The van der Waals surface area contributed by atoms with Gasteiger partial charge in [-0.2, -0.15) is 0 Å². The summed E-state index contributed by atoms with van der Waals surface area (Å²) in [6.45, 7) is 2.05. The molecule has 1 saturated carbocycles. The number of hydrogen-bond donors (Lipinski definition) is 0. The average Bonchev–Trinajstić information content (AvgIpc) is 3.72. The molecule has 1 saturated heterocycles. The Morgan fingerprint density at radius 3 is 2.37 bits per heavy atom. The van der Waals surface area contributed by atoms with Gasteiger partial charge < -0.3 is 14.5 Å². The topological polar surface area (TPSA) is 62.7 Å². The minimum atomic E-state index is -0.247. The molecule has 5 rings (SSSR count). The number of amides is 2. The van der Waals surface area contributed by atoms with E-state index >= 15 is 0 Å². The van der Waals surface area contributed by atoms with Crippen LogP contribution in [0.4, 0.5) is 0 Å². The van der Waals surface area contributed by atoms with Crippen LogP contribution in [-0.4, -0.2) is 58.9 Å². The first-order chi connectivity index (χ1) is 17.2. The molecule has 180 valence electrons. The number of pyridine rings is 1. The van der Waals surface area contributed by atoms with Crippen molar-refractivity contribution in [3.8, 4) is 0 Å². The number of benzene rings is 2. The van der Waals surface area contributed by atoms with Crippen molar-refractivity contribution in [3.63, 3.8) is 0 Å². The summed E-state index contributed by atoms with van der Waals surface area (Å²) in [5.74, 6) is 0.241. The first-order valence-corrected chi connectivity index (χ1v) is 12.3. The molecule has 35 heavy (non-hydrogen) atoms. The summed E-state index contributed by atoms with van der Waals surface area (Å²) >= 11 is 0. The molecule has 0 N–H and O–H groups in total. The zero-order valence-corrected chi connectivity index (χ0v) is 19.8. The van der Waals surface area contributed by atoms with Gasteiger partial charge in [0.05, 0.1) is 19.3 Å². The highest BCUT2D eigenvalue weighted by Crippen LogP contribution is 2.48. The molecular weight excluding hydrogens is 438 g/mol. The number of nitrogens with zero attached hydrogens (tertiary/aromatic N) is 3. The third-order valence-corrected chi connectivity index (χ3v) is 6.92. The summed E-state index contributed by atoms with van der Waals surface area (Å²) in [6.07, 6.45) is 4.86. The highest BCUT2D eigenvalue weighted by atomic mass is 16.5. The number of rotatable bonds is 8. The lowest BCUT2D eigenvalue weighted by Crippen LogP contribution is -2.41. The zero-order valence-electron chi connectivity index (χ0n) is 19.8. The van der Waals surface area contributed by atoms with E-state index in [0.717, 1.165) is 18.4 Å². The second-order valence-electron chi connectivity index (χ2n) is 9.44. The van der Waals surface area contributed by atoms with Crippen molar-refractivity contribution in [2.24, 2.45) is 5.92 Å². The summed E-state index contributed by atoms with van der Waals surface area (Å²) in [5.41, 5.74) is 3.41. The maximum atomic E-state index is 13.4. The van der Waals surface area contributed by atoms with Gasteiger partial charge >= 0.3 is 0 Å². The summed E-state index contributed by atoms with van der Waals surface area (Å²) in [4.78, 5) is 34.3. The van der Waals surface area contributed by atoms with Crippen LogP contribution in [0.5, 0.6) is 0 Å². The Labute approximate surface area is 206 Å². The molecule has 6 heteroatoms. The summed E-state index contributed by atoms with van der Waals surface area (Å²) in [6, 6.07) is 24.2. The predicted octanol–water partition coefficient (Wildman–Crippen LogP) is 3.68. The Bertz CT molecular complexity index is 1120. The number of carbonyl (C=O) groups excluding carboxylic acids is 2. The molecule has 2 aliphatic rings. The third kappa shape index (κ3) is 5.95.